The van der Waals surface area contributed by atoms with Gasteiger partial charge in [-0.3, -0.25) is 0 Å². The number of allylic oxidation sites excluding steroid dienone is 1. The molecular formula is C16H20BN2ORb. The first-order valence-electron chi connectivity index (χ1n) is 7.21. The smallest absolute Gasteiger partial charge is 0.443 e. The van der Waals surface area contributed by atoms with Crippen LogP contribution in [0.1, 0.15) is 37.7 Å². The SMILES string of the molecule is OB1C=C(C2CCCCC2)c2c1cnc1[nH]ccc21.[CH3-].[Rb+]. The van der Waals surface area contributed by atoms with E-state index in [-0.39, 0.29) is 65.6 Å². The third-order valence-corrected chi connectivity index (χ3v) is 4.61. The second-order valence-electron chi connectivity index (χ2n) is 5.73. The van der Waals surface area contributed by atoms with Gasteiger partial charge in [-0.1, -0.05) is 25.2 Å². The Bertz CT molecular complexity index is 661. The van der Waals surface area contributed by atoms with Crippen molar-refractivity contribution in [2.45, 2.75) is 32.1 Å². The van der Waals surface area contributed by atoms with Gasteiger partial charge in [0.15, 0.2) is 0 Å². The normalized spacial score (nSPS) is 18.0. The van der Waals surface area contributed by atoms with Crippen molar-refractivity contribution in [2.24, 2.45) is 5.92 Å². The van der Waals surface area contributed by atoms with Gasteiger partial charge in [0.2, 0.25) is 0 Å². The van der Waals surface area contributed by atoms with E-state index in [2.05, 4.69) is 22.0 Å². The largest absolute Gasteiger partial charge is 1.00 e. The standard InChI is InChI=1S/C15H17BN2O.CH3.Rb/c19-16-8-12(10-4-2-1-3-5-10)14-11-6-7-17-15(11)18-9-13(14)16;;/h6-10,19H,1-5H2,(H,17,18);1H3;/q;-1;+1. The molecule has 1 aliphatic heterocycles. The van der Waals surface area contributed by atoms with Crippen molar-refractivity contribution in [3.63, 3.8) is 0 Å². The topological polar surface area (TPSA) is 48.9 Å². The van der Waals surface area contributed by atoms with E-state index in [1.165, 1.54) is 43.2 Å². The second-order valence-corrected chi connectivity index (χ2v) is 5.73. The van der Waals surface area contributed by atoms with Crippen LogP contribution in [0.3, 0.4) is 0 Å². The molecule has 0 radical (unpaired) electrons. The van der Waals surface area contributed by atoms with Gasteiger partial charge in [0.25, 0.3) is 0 Å². The van der Waals surface area contributed by atoms with Crippen LogP contribution >= 0.6 is 0 Å². The van der Waals surface area contributed by atoms with E-state index in [1.807, 2.05) is 12.4 Å². The van der Waals surface area contributed by atoms with Crippen molar-refractivity contribution in [1.29, 1.82) is 0 Å². The van der Waals surface area contributed by atoms with Gasteiger partial charge < -0.3 is 17.4 Å². The molecule has 0 amide bonds. The Balaban J connectivity index is 0.000000807. The van der Waals surface area contributed by atoms with Crippen LogP contribution < -0.4 is 63.7 Å². The molecule has 0 bridgehead atoms. The summed E-state index contributed by atoms with van der Waals surface area (Å²) in [4.78, 5) is 7.56. The average Bonchev–Trinajstić information content (AvgIpc) is 3.04. The van der Waals surface area contributed by atoms with Gasteiger partial charge >= 0.3 is 65.1 Å². The van der Waals surface area contributed by atoms with Gasteiger partial charge in [0, 0.05) is 17.8 Å². The van der Waals surface area contributed by atoms with Crippen LogP contribution in [0.4, 0.5) is 0 Å². The molecule has 0 unspecified atom stereocenters. The Morgan fingerprint density at radius 3 is 2.76 bits per heavy atom. The van der Waals surface area contributed by atoms with E-state index in [4.69, 9.17) is 0 Å². The minimum absolute atomic E-state index is 0. The minimum atomic E-state index is -0.473. The van der Waals surface area contributed by atoms with Crippen molar-refractivity contribution >= 4 is 29.0 Å². The summed E-state index contributed by atoms with van der Waals surface area (Å²) in [5.41, 5.74) is 4.50. The molecule has 2 aromatic heterocycles. The molecular weight excluding hydrogens is 332 g/mol. The summed E-state index contributed by atoms with van der Waals surface area (Å²) in [6.07, 6.45) is 10.3. The maximum Gasteiger partial charge on any atom is 1.00 e. The molecule has 0 spiro atoms. The third kappa shape index (κ3) is 3.02. The van der Waals surface area contributed by atoms with Crippen LogP contribution in [0.25, 0.3) is 16.6 Å². The van der Waals surface area contributed by atoms with Gasteiger partial charge in [-0.15, -0.1) is 0 Å². The van der Waals surface area contributed by atoms with E-state index in [1.54, 1.807) is 0 Å². The predicted octanol–water partition coefficient (Wildman–Crippen LogP) is -0.276. The maximum atomic E-state index is 10.3. The van der Waals surface area contributed by atoms with Crippen LogP contribution in [-0.4, -0.2) is 21.9 Å². The fourth-order valence-corrected chi connectivity index (χ4v) is 3.67. The number of H-pyrrole nitrogens is 1. The van der Waals surface area contributed by atoms with Crippen molar-refractivity contribution in [1.82, 2.24) is 9.97 Å². The van der Waals surface area contributed by atoms with E-state index in [0.29, 0.717) is 5.92 Å². The number of hydrogen-bond acceptors (Lipinski definition) is 2. The average molecular weight is 353 g/mol. The maximum absolute atomic E-state index is 10.3. The Kier molecular flexibility index (Phi) is 6.06. The molecule has 5 heteroatoms. The molecule has 0 aromatic carbocycles. The zero-order chi connectivity index (χ0) is 12.8. The summed E-state index contributed by atoms with van der Waals surface area (Å²) in [7, 11) is 0. The summed E-state index contributed by atoms with van der Waals surface area (Å²) in [6.45, 7) is -0.473. The number of pyridine rings is 1. The number of hydrogen-bond donors (Lipinski definition) is 2. The molecule has 2 aromatic rings. The van der Waals surface area contributed by atoms with Crippen LogP contribution in [0.15, 0.2) is 24.4 Å². The summed E-state index contributed by atoms with van der Waals surface area (Å²) >= 11 is 0. The first kappa shape index (κ1) is 17.6. The summed E-state index contributed by atoms with van der Waals surface area (Å²) in [5, 5.41) is 11.4. The van der Waals surface area contributed by atoms with E-state index < -0.39 is 6.92 Å². The molecule has 2 N–H and O–H groups in total. The van der Waals surface area contributed by atoms with Gasteiger partial charge in [-0.25, -0.2) is 4.98 Å². The van der Waals surface area contributed by atoms with Crippen molar-refractivity contribution in [3.8, 4) is 0 Å². The van der Waals surface area contributed by atoms with Crippen LogP contribution in [0.2, 0.25) is 0 Å². The summed E-state index contributed by atoms with van der Waals surface area (Å²) in [5.74, 6) is 2.67. The van der Waals surface area contributed by atoms with Crippen LogP contribution in [0, 0.1) is 13.3 Å². The third-order valence-electron chi connectivity index (χ3n) is 4.61. The fraction of sp³-hybridized carbons (Fsp3) is 0.375. The monoisotopic (exact) mass is 352 g/mol. The van der Waals surface area contributed by atoms with Crippen LogP contribution in [0.5, 0.6) is 0 Å². The number of aromatic nitrogens is 2. The van der Waals surface area contributed by atoms with Crippen molar-refractivity contribution in [2.75, 3.05) is 0 Å². The molecule has 3 heterocycles. The van der Waals surface area contributed by atoms with Gasteiger partial charge in [0.05, 0.1) is 0 Å². The molecule has 0 saturated heterocycles. The molecule has 21 heavy (non-hydrogen) atoms. The number of nitrogens with zero attached hydrogens (tertiary/aromatic N) is 1. The molecule has 0 atom stereocenters. The Labute approximate surface area is 175 Å². The number of fused-ring (bicyclic) bond motifs is 3. The number of rotatable bonds is 1. The molecule has 1 aliphatic carbocycles. The quantitative estimate of drug-likeness (QED) is 0.548. The van der Waals surface area contributed by atoms with Crippen molar-refractivity contribution < 1.29 is 63.2 Å². The molecule has 1 saturated carbocycles. The van der Waals surface area contributed by atoms with E-state index in [9.17, 15) is 5.02 Å². The molecule has 2 aliphatic rings. The Morgan fingerprint density at radius 2 is 2.00 bits per heavy atom. The van der Waals surface area contributed by atoms with Crippen LogP contribution in [-0.2, 0) is 0 Å². The Morgan fingerprint density at radius 1 is 1.24 bits per heavy atom. The zero-order valence-corrected chi connectivity index (χ0v) is 17.8. The molecule has 1 fully saturated rings. The van der Waals surface area contributed by atoms with Gasteiger partial charge in [0.1, 0.15) is 5.65 Å². The fourth-order valence-electron chi connectivity index (χ4n) is 3.67. The van der Waals surface area contributed by atoms with Crippen molar-refractivity contribution in [3.05, 3.63) is 37.4 Å². The predicted molar refractivity (Wildman–Crippen MR) is 84.7 cm³/mol. The van der Waals surface area contributed by atoms with Gasteiger partial charge in [-0.2, -0.15) is 0 Å². The second kappa shape index (κ2) is 7.22. The molecule has 4 rings (SSSR count). The first-order chi connectivity index (χ1) is 9.34. The summed E-state index contributed by atoms with van der Waals surface area (Å²) < 4.78 is 0. The van der Waals surface area contributed by atoms with E-state index >= 15 is 0 Å². The van der Waals surface area contributed by atoms with E-state index in [0.717, 1.165) is 16.5 Å². The Hall–Kier alpha value is 0.260. The summed E-state index contributed by atoms with van der Waals surface area (Å²) in [6, 6.07) is 2.08. The minimum Gasteiger partial charge on any atom is -0.443 e. The molecule has 104 valence electrons. The molecule has 3 nitrogen and oxygen atoms in total. The van der Waals surface area contributed by atoms with Gasteiger partial charge in [-0.05, 0) is 41.4 Å². The zero-order valence-electron chi connectivity index (χ0n) is 12.9. The number of aromatic amines is 1. The first-order valence-corrected chi connectivity index (χ1v) is 7.21. The number of nitrogens with one attached hydrogen (secondary N) is 1.